The Labute approximate surface area is 138 Å². The molecule has 0 fully saturated rings. The molecule has 0 bridgehead atoms. The molecule has 0 saturated heterocycles. The van der Waals surface area contributed by atoms with E-state index >= 15 is 0 Å². The molecule has 0 heterocycles. The molecule has 0 amide bonds. The normalized spacial score (nSPS) is 12.3. The first-order valence-corrected chi connectivity index (χ1v) is 7.57. The van der Waals surface area contributed by atoms with Crippen LogP contribution in [0.1, 0.15) is 24.1 Å². The molecular formula is C15H13Cl4N. The maximum absolute atomic E-state index is 6.22. The zero-order valence-corrected chi connectivity index (χ0v) is 14.0. The van der Waals surface area contributed by atoms with Crippen LogP contribution in [0, 0.1) is 6.92 Å². The molecule has 1 unspecified atom stereocenters. The number of anilines is 1. The summed E-state index contributed by atoms with van der Waals surface area (Å²) in [5.74, 6) is 0. The van der Waals surface area contributed by atoms with Gasteiger partial charge in [0, 0.05) is 15.1 Å². The number of nitrogens with one attached hydrogen (secondary N) is 1. The van der Waals surface area contributed by atoms with Crippen LogP contribution in [0.4, 0.5) is 5.69 Å². The highest BCUT2D eigenvalue weighted by Gasteiger charge is 2.12. The fourth-order valence-corrected chi connectivity index (χ4v) is 2.93. The van der Waals surface area contributed by atoms with Crippen molar-refractivity contribution < 1.29 is 0 Å². The third kappa shape index (κ3) is 3.53. The van der Waals surface area contributed by atoms with Crippen molar-refractivity contribution in [3.63, 3.8) is 0 Å². The third-order valence-corrected chi connectivity index (χ3v) is 4.33. The van der Waals surface area contributed by atoms with E-state index in [2.05, 4.69) is 5.32 Å². The Hall–Kier alpha value is -0.600. The SMILES string of the molecule is Cc1cc(Cl)c(NC(C)c2ccc(Cl)cc2Cl)cc1Cl. The van der Waals surface area contributed by atoms with Crippen LogP contribution in [0.2, 0.25) is 20.1 Å². The molecule has 20 heavy (non-hydrogen) atoms. The van der Waals surface area contributed by atoms with Gasteiger partial charge in [-0.15, -0.1) is 0 Å². The van der Waals surface area contributed by atoms with E-state index in [1.54, 1.807) is 6.07 Å². The van der Waals surface area contributed by atoms with Crippen molar-refractivity contribution in [1.29, 1.82) is 0 Å². The van der Waals surface area contributed by atoms with E-state index < -0.39 is 0 Å². The zero-order chi connectivity index (χ0) is 14.9. The number of benzene rings is 2. The van der Waals surface area contributed by atoms with E-state index in [0.29, 0.717) is 20.1 Å². The van der Waals surface area contributed by atoms with E-state index in [1.807, 2.05) is 38.1 Å². The highest BCUT2D eigenvalue weighted by molar-refractivity contribution is 6.36. The Morgan fingerprint density at radius 2 is 1.60 bits per heavy atom. The van der Waals surface area contributed by atoms with E-state index in [1.165, 1.54) is 0 Å². The Morgan fingerprint density at radius 3 is 2.25 bits per heavy atom. The molecule has 0 radical (unpaired) electrons. The summed E-state index contributed by atoms with van der Waals surface area (Å²) in [7, 11) is 0. The number of hydrogen-bond donors (Lipinski definition) is 1. The highest BCUT2D eigenvalue weighted by Crippen LogP contribution is 2.33. The maximum Gasteiger partial charge on any atom is 0.0641 e. The maximum atomic E-state index is 6.22. The summed E-state index contributed by atoms with van der Waals surface area (Å²) in [4.78, 5) is 0. The summed E-state index contributed by atoms with van der Waals surface area (Å²) in [6.45, 7) is 3.91. The molecule has 1 atom stereocenters. The molecule has 2 aromatic rings. The van der Waals surface area contributed by atoms with Crippen LogP contribution < -0.4 is 5.32 Å². The van der Waals surface area contributed by atoms with E-state index in [0.717, 1.165) is 16.8 Å². The summed E-state index contributed by atoms with van der Waals surface area (Å²) in [5, 5.41) is 5.84. The summed E-state index contributed by atoms with van der Waals surface area (Å²) in [5.41, 5.74) is 2.67. The highest BCUT2D eigenvalue weighted by atomic mass is 35.5. The second kappa shape index (κ2) is 6.44. The minimum atomic E-state index is -0.0176. The molecule has 1 N–H and O–H groups in total. The van der Waals surface area contributed by atoms with Crippen molar-refractivity contribution in [3.8, 4) is 0 Å². The van der Waals surface area contributed by atoms with Crippen molar-refractivity contribution in [2.24, 2.45) is 0 Å². The van der Waals surface area contributed by atoms with Gasteiger partial charge < -0.3 is 5.32 Å². The van der Waals surface area contributed by atoms with E-state index in [9.17, 15) is 0 Å². The third-order valence-electron chi connectivity index (χ3n) is 3.05. The zero-order valence-electron chi connectivity index (χ0n) is 11.0. The van der Waals surface area contributed by atoms with Gasteiger partial charge in [-0.1, -0.05) is 52.5 Å². The first-order chi connectivity index (χ1) is 9.38. The lowest BCUT2D eigenvalue weighted by Crippen LogP contribution is -2.07. The summed E-state index contributed by atoms with van der Waals surface area (Å²) in [6, 6.07) is 9.06. The average molecular weight is 349 g/mol. The molecule has 0 aliphatic rings. The minimum Gasteiger partial charge on any atom is -0.377 e. The van der Waals surface area contributed by atoms with Gasteiger partial charge in [-0.2, -0.15) is 0 Å². The summed E-state index contributed by atoms with van der Waals surface area (Å²) < 4.78 is 0. The second-order valence-corrected chi connectivity index (χ2v) is 6.27. The predicted molar refractivity (Wildman–Crippen MR) is 89.7 cm³/mol. The van der Waals surface area contributed by atoms with Crippen molar-refractivity contribution in [2.75, 3.05) is 5.32 Å². The molecule has 0 aromatic heterocycles. The lowest BCUT2D eigenvalue weighted by atomic mass is 10.1. The first kappa shape index (κ1) is 15.8. The van der Waals surface area contributed by atoms with Gasteiger partial charge in [0.2, 0.25) is 0 Å². The smallest absolute Gasteiger partial charge is 0.0641 e. The quantitative estimate of drug-likeness (QED) is 0.644. The largest absolute Gasteiger partial charge is 0.377 e. The van der Waals surface area contributed by atoms with Crippen LogP contribution in [-0.4, -0.2) is 0 Å². The van der Waals surface area contributed by atoms with Gasteiger partial charge in [-0.05, 0) is 49.2 Å². The van der Waals surface area contributed by atoms with Gasteiger partial charge in [0.1, 0.15) is 0 Å². The fraction of sp³-hybridized carbons (Fsp3) is 0.200. The molecule has 0 aliphatic carbocycles. The molecule has 2 aromatic carbocycles. The van der Waals surface area contributed by atoms with Gasteiger partial charge in [0.05, 0.1) is 16.8 Å². The Kier molecular flexibility index (Phi) is 5.09. The van der Waals surface area contributed by atoms with Crippen molar-refractivity contribution >= 4 is 52.1 Å². The standard InChI is InChI=1S/C15H13Cl4N/c1-8-5-14(19)15(7-12(8)17)20-9(2)11-4-3-10(16)6-13(11)18/h3-7,9,20H,1-2H3. The number of aryl methyl sites for hydroxylation is 1. The van der Waals surface area contributed by atoms with Gasteiger partial charge in [-0.25, -0.2) is 0 Å². The van der Waals surface area contributed by atoms with Crippen molar-refractivity contribution in [2.45, 2.75) is 19.9 Å². The number of rotatable bonds is 3. The van der Waals surface area contributed by atoms with Crippen LogP contribution >= 0.6 is 46.4 Å². The lowest BCUT2D eigenvalue weighted by Gasteiger charge is -2.19. The summed E-state index contributed by atoms with van der Waals surface area (Å²) >= 11 is 24.5. The molecule has 2 rings (SSSR count). The van der Waals surface area contributed by atoms with Crippen molar-refractivity contribution in [3.05, 3.63) is 61.5 Å². The lowest BCUT2D eigenvalue weighted by molar-refractivity contribution is 0.885. The Morgan fingerprint density at radius 1 is 0.900 bits per heavy atom. The van der Waals surface area contributed by atoms with Crippen LogP contribution in [0.25, 0.3) is 0 Å². The van der Waals surface area contributed by atoms with E-state index in [-0.39, 0.29) is 6.04 Å². The van der Waals surface area contributed by atoms with Gasteiger partial charge in [-0.3, -0.25) is 0 Å². The molecule has 0 saturated carbocycles. The average Bonchev–Trinajstić information content (AvgIpc) is 2.35. The number of halogens is 4. The summed E-state index contributed by atoms with van der Waals surface area (Å²) in [6.07, 6.45) is 0. The van der Waals surface area contributed by atoms with Gasteiger partial charge in [0.25, 0.3) is 0 Å². The Bertz CT molecular complexity index is 640. The van der Waals surface area contributed by atoms with Crippen LogP contribution in [0.15, 0.2) is 30.3 Å². The topological polar surface area (TPSA) is 12.0 Å². The molecule has 0 spiro atoms. The van der Waals surface area contributed by atoms with E-state index in [4.69, 9.17) is 46.4 Å². The Balaban J connectivity index is 2.27. The predicted octanol–water partition coefficient (Wildman–Crippen LogP) is 6.78. The van der Waals surface area contributed by atoms with Crippen LogP contribution in [0.5, 0.6) is 0 Å². The molecular weight excluding hydrogens is 336 g/mol. The monoisotopic (exact) mass is 347 g/mol. The number of hydrogen-bond acceptors (Lipinski definition) is 1. The molecule has 106 valence electrons. The first-order valence-electron chi connectivity index (χ1n) is 6.05. The van der Waals surface area contributed by atoms with Crippen molar-refractivity contribution in [1.82, 2.24) is 0 Å². The minimum absolute atomic E-state index is 0.0176. The van der Waals surface area contributed by atoms with Gasteiger partial charge >= 0.3 is 0 Å². The van der Waals surface area contributed by atoms with Crippen LogP contribution in [0.3, 0.4) is 0 Å². The fourth-order valence-electron chi connectivity index (χ4n) is 1.92. The molecule has 5 heteroatoms. The van der Waals surface area contributed by atoms with Crippen LogP contribution in [-0.2, 0) is 0 Å². The second-order valence-electron chi connectivity index (χ2n) is 4.61. The molecule has 0 aliphatic heterocycles. The molecule has 1 nitrogen and oxygen atoms in total. The van der Waals surface area contributed by atoms with Gasteiger partial charge in [0.15, 0.2) is 0 Å².